The number of amides is 1. The van der Waals surface area contributed by atoms with E-state index >= 15 is 0 Å². The van der Waals surface area contributed by atoms with E-state index in [4.69, 9.17) is 21.7 Å². The molecule has 3 rings (SSSR count). The van der Waals surface area contributed by atoms with E-state index in [1.807, 2.05) is 18.2 Å². The molecule has 0 radical (unpaired) electrons. The highest BCUT2D eigenvalue weighted by molar-refractivity contribution is 7.80. The Balaban J connectivity index is 1.57. The number of hydrogen-bond acceptors (Lipinski definition) is 4. The summed E-state index contributed by atoms with van der Waals surface area (Å²) >= 11 is 5.40. The average Bonchev–Trinajstić information content (AvgIpc) is 2.69. The molecule has 1 aliphatic rings. The van der Waals surface area contributed by atoms with Gasteiger partial charge in [-0.25, -0.2) is 0 Å². The van der Waals surface area contributed by atoms with Gasteiger partial charge in [-0.15, -0.1) is 0 Å². The predicted molar refractivity (Wildman–Crippen MR) is 111 cm³/mol. The van der Waals surface area contributed by atoms with Gasteiger partial charge < -0.3 is 19.7 Å². The molecule has 2 aromatic carbocycles. The number of carbonyl (C=O) groups is 1. The summed E-state index contributed by atoms with van der Waals surface area (Å²) in [6, 6.07) is 14.2. The first kappa shape index (κ1) is 19.2. The van der Waals surface area contributed by atoms with E-state index in [1.165, 1.54) is 0 Å². The van der Waals surface area contributed by atoms with Crippen LogP contribution in [-0.2, 0) is 0 Å². The minimum Gasteiger partial charge on any atom is -0.497 e. The average molecular weight is 385 g/mol. The maximum atomic E-state index is 12.4. The third-order valence-electron chi connectivity index (χ3n) is 4.69. The molecule has 1 N–H and O–H groups in total. The quantitative estimate of drug-likeness (QED) is 0.795. The number of nitrogens with zero attached hydrogens (tertiary/aromatic N) is 1. The van der Waals surface area contributed by atoms with E-state index in [1.54, 1.807) is 37.4 Å². The summed E-state index contributed by atoms with van der Waals surface area (Å²) in [7, 11) is 1.59. The third kappa shape index (κ3) is 5.20. The molecule has 6 heteroatoms. The van der Waals surface area contributed by atoms with Gasteiger partial charge in [0.25, 0.3) is 11.1 Å². The fourth-order valence-corrected chi connectivity index (χ4v) is 3.21. The van der Waals surface area contributed by atoms with Crippen molar-refractivity contribution in [2.75, 3.05) is 25.5 Å². The number of methoxy groups -OCH3 is 1. The molecule has 0 saturated carbocycles. The molecule has 0 spiro atoms. The number of benzene rings is 2. The second kappa shape index (κ2) is 8.86. The van der Waals surface area contributed by atoms with Crippen LogP contribution >= 0.6 is 12.2 Å². The molecule has 0 atom stereocenters. The zero-order valence-corrected chi connectivity index (χ0v) is 16.4. The second-order valence-electron chi connectivity index (χ2n) is 6.75. The highest BCUT2D eigenvalue weighted by atomic mass is 32.1. The molecule has 27 heavy (non-hydrogen) atoms. The summed E-state index contributed by atoms with van der Waals surface area (Å²) in [6.07, 6.45) is 2.26. The van der Waals surface area contributed by atoms with Crippen LogP contribution in [0.25, 0.3) is 0 Å². The van der Waals surface area contributed by atoms with Crippen molar-refractivity contribution in [2.45, 2.75) is 19.8 Å². The van der Waals surface area contributed by atoms with Crippen molar-refractivity contribution in [3.63, 3.8) is 0 Å². The number of carbonyl (C=O) groups excluding carboxylic acids is 1. The van der Waals surface area contributed by atoms with E-state index in [2.05, 4.69) is 17.1 Å². The van der Waals surface area contributed by atoms with Gasteiger partial charge in [-0.05, 0) is 67.4 Å². The third-order valence-corrected chi connectivity index (χ3v) is 5.03. The molecule has 5 nitrogen and oxygen atoms in total. The lowest BCUT2D eigenvalue weighted by atomic mass is 10.00. The van der Waals surface area contributed by atoms with Gasteiger partial charge in [0.1, 0.15) is 11.5 Å². The standard InChI is InChI=1S/C21H24N2O3S/c1-15-10-12-23(13-11-15)21(27)26-18-8-6-16(7-9-18)20(24)22-17-4-3-5-19(14-17)25-2/h3-9,14-15H,10-13H2,1-2H3,(H,22,24). The Bertz CT molecular complexity index is 799. The normalized spacial score (nSPS) is 14.5. The predicted octanol–water partition coefficient (Wildman–Crippen LogP) is 4.34. The van der Waals surface area contributed by atoms with Crippen molar-refractivity contribution in [1.29, 1.82) is 0 Å². The van der Waals surface area contributed by atoms with Gasteiger partial charge >= 0.3 is 0 Å². The van der Waals surface area contributed by atoms with Gasteiger partial charge in [0.05, 0.1) is 7.11 Å². The Morgan fingerprint density at radius 2 is 1.81 bits per heavy atom. The summed E-state index contributed by atoms with van der Waals surface area (Å²) in [5.41, 5.74) is 1.23. The topological polar surface area (TPSA) is 50.8 Å². The van der Waals surface area contributed by atoms with E-state index in [0.29, 0.717) is 27.9 Å². The van der Waals surface area contributed by atoms with Crippen LogP contribution in [0.2, 0.25) is 0 Å². The number of thiocarbonyl (C=S) groups is 1. The molecule has 1 fully saturated rings. The summed E-state index contributed by atoms with van der Waals surface area (Å²) < 4.78 is 10.9. The number of nitrogens with one attached hydrogen (secondary N) is 1. The molecular formula is C21H24N2O3S. The monoisotopic (exact) mass is 384 g/mol. The highest BCUT2D eigenvalue weighted by Gasteiger charge is 2.19. The van der Waals surface area contributed by atoms with Crippen molar-refractivity contribution in [2.24, 2.45) is 5.92 Å². The Hall–Kier alpha value is -2.60. The van der Waals surface area contributed by atoms with Crippen molar-refractivity contribution in [3.05, 3.63) is 54.1 Å². The number of piperidine rings is 1. The van der Waals surface area contributed by atoms with Crippen molar-refractivity contribution in [1.82, 2.24) is 4.90 Å². The number of anilines is 1. The SMILES string of the molecule is COc1cccc(NC(=O)c2ccc(OC(=S)N3CCC(C)CC3)cc2)c1. The van der Waals surface area contributed by atoms with Gasteiger partial charge in [0.15, 0.2) is 0 Å². The van der Waals surface area contributed by atoms with Crippen LogP contribution < -0.4 is 14.8 Å². The summed E-state index contributed by atoms with van der Waals surface area (Å²) in [5, 5.41) is 3.35. The molecule has 0 aliphatic carbocycles. The molecule has 0 aromatic heterocycles. The Morgan fingerprint density at radius 3 is 2.48 bits per heavy atom. The van der Waals surface area contributed by atoms with Crippen LogP contribution in [0.3, 0.4) is 0 Å². The van der Waals surface area contributed by atoms with Gasteiger partial charge in [-0.2, -0.15) is 0 Å². The molecule has 2 aromatic rings. The maximum absolute atomic E-state index is 12.4. The first-order valence-electron chi connectivity index (χ1n) is 9.07. The molecule has 1 amide bonds. The van der Waals surface area contributed by atoms with Crippen molar-refractivity contribution < 1.29 is 14.3 Å². The summed E-state index contributed by atoms with van der Waals surface area (Å²) in [6.45, 7) is 4.12. The number of likely N-dealkylation sites (tertiary alicyclic amines) is 1. The van der Waals surface area contributed by atoms with E-state index < -0.39 is 0 Å². The highest BCUT2D eigenvalue weighted by Crippen LogP contribution is 2.20. The molecule has 1 aliphatic heterocycles. The Labute approximate surface area is 165 Å². The van der Waals surface area contributed by atoms with Crippen LogP contribution in [0.4, 0.5) is 5.69 Å². The van der Waals surface area contributed by atoms with Crippen molar-refractivity contribution in [3.8, 4) is 11.5 Å². The fourth-order valence-electron chi connectivity index (χ4n) is 2.93. The van der Waals surface area contributed by atoms with Gasteiger partial charge in [-0.3, -0.25) is 4.79 Å². The molecule has 0 bridgehead atoms. The van der Waals surface area contributed by atoms with E-state index in [9.17, 15) is 4.79 Å². The van der Waals surface area contributed by atoms with Gasteiger partial charge in [-0.1, -0.05) is 13.0 Å². The summed E-state index contributed by atoms with van der Waals surface area (Å²) in [4.78, 5) is 14.5. The molecule has 1 saturated heterocycles. The minimum absolute atomic E-state index is 0.192. The van der Waals surface area contributed by atoms with Crippen LogP contribution in [-0.4, -0.2) is 36.2 Å². The first-order valence-corrected chi connectivity index (χ1v) is 9.48. The molecule has 142 valence electrons. The molecule has 0 unspecified atom stereocenters. The van der Waals surface area contributed by atoms with E-state index in [0.717, 1.165) is 31.8 Å². The minimum atomic E-state index is -0.192. The first-order chi connectivity index (χ1) is 13.0. The van der Waals surface area contributed by atoms with Crippen LogP contribution in [0.5, 0.6) is 11.5 Å². The largest absolute Gasteiger partial charge is 0.497 e. The smallest absolute Gasteiger partial charge is 0.264 e. The Kier molecular flexibility index (Phi) is 6.29. The van der Waals surface area contributed by atoms with Crippen molar-refractivity contribution >= 4 is 29.0 Å². The zero-order valence-electron chi connectivity index (χ0n) is 15.6. The van der Waals surface area contributed by atoms with Crippen LogP contribution in [0, 0.1) is 5.92 Å². The molecule has 1 heterocycles. The zero-order chi connectivity index (χ0) is 19.2. The number of hydrogen-bond donors (Lipinski definition) is 1. The Morgan fingerprint density at radius 1 is 1.11 bits per heavy atom. The van der Waals surface area contributed by atoms with E-state index in [-0.39, 0.29) is 5.91 Å². The second-order valence-corrected chi connectivity index (χ2v) is 7.10. The lowest BCUT2D eigenvalue weighted by molar-refractivity contribution is 0.102. The van der Waals surface area contributed by atoms with Gasteiger partial charge in [0, 0.05) is 30.4 Å². The van der Waals surface area contributed by atoms with Crippen LogP contribution in [0.15, 0.2) is 48.5 Å². The number of rotatable bonds is 4. The summed E-state index contributed by atoms with van der Waals surface area (Å²) in [5.74, 6) is 1.88. The lowest BCUT2D eigenvalue weighted by Crippen LogP contribution is -2.39. The number of ether oxygens (including phenoxy) is 2. The maximum Gasteiger partial charge on any atom is 0.264 e. The lowest BCUT2D eigenvalue weighted by Gasteiger charge is -2.31. The van der Waals surface area contributed by atoms with Crippen LogP contribution in [0.1, 0.15) is 30.1 Å². The molecular weight excluding hydrogens is 360 g/mol. The fraction of sp³-hybridized carbons (Fsp3) is 0.333. The van der Waals surface area contributed by atoms with Gasteiger partial charge in [0.2, 0.25) is 0 Å².